The highest BCUT2D eigenvalue weighted by Gasteiger charge is 2.33. The molecule has 0 fully saturated rings. The Bertz CT molecular complexity index is 644. The van der Waals surface area contributed by atoms with Crippen LogP contribution in [0.25, 0.3) is 4.91 Å². The zero-order chi connectivity index (χ0) is 15.0. The highest BCUT2D eigenvalue weighted by Crippen LogP contribution is 2.42. The van der Waals surface area contributed by atoms with Crippen LogP contribution in [0.1, 0.15) is 18.4 Å². The van der Waals surface area contributed by atoms with Crippen LogP contribution in [0.2, 0.25) is 5.02 Å². The molecule has 0 spiro atoms. The van der Waals surface area contributed by atoms with E-state index in [1.807, 2.05) is 24.3 Å². The lowest BCUT2D eigenvalue weighted by Crippen LogP contribution is -2.46. The van der Waals surface area contributed by atoms with E-state index in [0.29, 0.717) is 12.4 Å². The van der Waals surface area contributed by atoms with Gasteiger partial charge in [-0.3, -0.25) is 9.69 Å². The van der Waals surface area contributed by atoms with E-state index in [-0.39, 0.29) is 17.2 Å². The molecule has 6 heteroatoms. The Morgan fingerprint density at radius 3 is 3.00 bits per heavy atom. The molecule has 0 saturated heterocycles. The second kappa shape index (κ2) is 5.73. The van der Waals surface area contributed by atoms with Gasteiger partial charge in [-0.1, -0.05) is 29.8 Å². The Balaban J connectivity index is 1.73. The van der Waals surface area contributed by atoms with Crippen molar-refractivity contribution in [1.82, 2.24) is 4.90 Å². The van der Waals surface area contributed by atoms with Gasteiger partial charge in [0.05, 0.1) is 12.5 Å². The van der Waals surface area contributed by atoms with Gasteiger partial charge in [0.2, 0.25) is 5.91 Å². The Hall–Kier alpha value is -1.46. The number of aliphatic imine (C=N–C) groups is 1. The van der Waals surface area contributed by atoms with Gasteiger partial charge in [-0.05, 0) is 24.1 Å². The third-order valence-electron chi connectivity index (χ3n) is 3.75. The van der Waals surface area contributed by atoms with Crippen LogP contribution in [0.4, 0.5) is 0 Å². The van der Waals surface area contributed by atoms with E-state index < -0.39 is 0 Å². The summed E-state index contributed by atoms with van der Waals surface area (Å²) < 4.78 is 0. The van der Waals surface area contributed by atoms with E-state index in [2.05, 4.69) is 11.1 Å². The summed E-state index contributed by atoms with van der Waals surface area (Å²) in [6, 6.07) is 7.77. The molecule has 21 heavy (non-hydrogen) atoms. The van der Waals surface area contributed by atoms with Crippen molar-refractivity contribution < 1.29 is 4.79 Å². The van der Waals surface area contributed by atoms with Crippen molar-refractivity contribution in [3.05, 3.63) is 40.9 Å². The zero-order valence-electron chi connectivity index (χ0n) is 11.6. The fraction of sp³-hybridized carbons (Fsp3) is 0.333. The number of hydrogen-bond acceptors (Lipinski definition) is 4. The first kappa shape index (κ1) is 14.5. The Labute approximate surface area is 133 Å². The molecule has 0 saturated carbocycles. The molecule has 0 aromatic heterocycles. The predicted molar refractivity (Wildman–Crippen MR) is 88.2 cm³/mol. The van der Waals surface area contributed by atoms with Gasteiger partial charge in [0.15, 0.2) is 5.96 Å². The predicted octanol–water partition coefficient (Wildman–Crippen LogP) is 2.73. The van der Waals surface area contributed by atoms with Gasteiger partial charge < -0.3 is 5.73 Å². The number of hydrogen-bond donors (Lipinski definition) is 1. The maximum atomic E-state index is 11.9. The van der Waals surface area contributed by atoms with E-state index in [9.17, 15) is 4.79 Å². The smallest absolute Gasteiger partial charge is 0.231 e. The zero-order valence-corrected chi connectivity index (χ0v) is 13.2. The van der Waals surface area contributed by atoms with Gasteiger partial charge in [-0.2, -0.15) is 0 Å². The second-order valence-corrected chi connectivity index (χ2v) is 6.90. The highest BCUT2D eigenvalue weighted by molar-refractivity contribution is 8.09. The molecule has 2 atom stereocenters. The van der Waals surface area contributed by atoms with Crippen LogP contribution in [-0.2, 0) is 4.79 Å². The van der Waals surface area contributed by atoms with Gasteiger partial charge in [-0.25, -0.2) is 4.99 Å². The summed E-state index contributed by atoms with van der Waals surface area (Å²) in [4.78, 5) is 19.0. The molecule has 1 unspecified atom stereocenters. The average molecular weight is 322 g/mol. The molecular weight excluding hydrogens is 306 g/mol. The maximum absolute atomic E-state index is 11.9. The van der Waals surface area contributed by atoms with Crippen molar-refractivity contribution in [3.8, 4) is 0 Å². The summed E-state index contributed by atoms with van der Waals surface area (Å²) in [5.74, 6) is 0.345. The SMILES string of the molecule is CN1C(=O)C[C@@H](C2CC=C(c3cccc(Cl)c3)S2)N=C1N. The summed E-state index contributed by atoms with van der Waals surface area (Å²) in [5, 5.41) is 0.990. The lowest BCUT2D eigenvalue weighted by Gasteiger charge is -2.28. The van der Waals surface area contributed by atoms with Crippen LogP contribution >= 0.6 is 23.4 Å². The molecule has 2 N–H and O–H groups in total. The van der Waals surface area contributed by atoms with Gasteiger partial charge in [-0.15, -0.1) is 11.8 Å². The highest BCUT2D eigenvalue weighted by atomic mass is 35.5. The van der Waals surface area contributed by atoms with Crippen molar-refractivity contribution in [3.63, 3.8) is 0 Å². The standard InChI is InChI=1S/C15H16ClN3OS/c1-19-14(20)8-11(18-15(19)17)13-6-5-12(21-13)9-3-2-4-10(16)7-9/h2-5,7,11,13H,6,8H2,1H3,(H2,17,18)/t11-,13?/m0/s1. The largest absolute Gasteiger partial charge is 0.369 e. The quantitative estimate of drug-likeness (QED) is 0.911. The van der Waals surface area contributed by atoms with Crippen molar-refractivity contribution in [2.75, 3.05) is 7.05 Å². The van der Waals surface area contributed by atoms with Crippen LogP contribution in [0.3, 0.4) is 0 Å². The number of allylic oxidation sites excluding steroid dienone is 1. The number of thioether (sulfide) groups is 1. The van der Waals surface area contributed by atoms with Gasteiger partial charge in [0.25, 0.3) is 0 Å². The molecule has 110 valence electrons. The van der Waals surface area contributed by atoms with Crippen LogP contribution in [0.5, 0.6) is 0 Å². The second-order valence-electron chi connectivity index (χ2n) is 5.18. The number of carbonyl (C=O) groups is 1. The number of guanidine groups is 1. The number of benzene rings is 1. The van der Waals surface area contributed by atoms with E-state index in [1.54, 1.807) is 18.8 Å². The van der Waals surface area contributed by atoms with Gasteiger partial charge in [0.1, 0.15) is 0 Å². The minimum Gasteiger partial charge on any atom is -0.369 e. The molecule has 2 aliphatic heterocycles. The first-order valence-electron chi connectivity index (χ1n) is 6.77. The van der Waals surface area contributed by atoms with Crippen molar-refractivity contribution in [2.24, 2.45) is 10.7 Å². The molecule has 3 rings (SSSR count). The molecule has 0 radical (unpaired) electrons. The topological polar surface area (TPSA) is 58.7 Å². The number of carbonyl (C=O) groups excluding carboxylic acids is 1. The molecule has 2 aliphatic rings. The molecule has 1 aromatic carbocycles. The molecule has 2 heterocycles. The van der Waals surface area contributed by atoms with Crippen LogP contribution < -0.4 is 5.73 Å². The number of nitrogens with zero attached hydrogens (tertiary/aromatic N) is 2. The first-order chi connectivity index (χ1) is 10.0. The molecule has 1 aromatic rings. The van der Waals surface area contributed by atoms with Crippen LogP contribution in [0.15, 0.2) is 35.3 Å². The van der Waals surface area contributed by atoms with Crippen LogP contribution in [-0.4, -0.2) is 35.1 Å². The van der Waals surface area contributed by atoms with E-state index in [0.717, 1.165) is 17.0 Å². The first-order valence-corrected chi connectivity index (χ1v) is 8.03. The lowest BCUT2D eigenvalue weighted by molar-refractivity contribution is -0.127. The number of amides is 1. The summed E-state index contributed by atoms with van der Waals surface area (Å²) in [6.45, 7) is 0. The number of rotatable bonds is 2. The monoisotopic (exact) mass is 321 g/mol. The molecule has 0 bridgehead atoms. The lowest BCUT2D eigenvalue weighted by atomic mass is 10.1. The summed E-state index contributed by atoms with van der Waals surface area (Å²) in [6.07, 6.45) is 3.51. The molecule has 1 amide bonds. The Kier molecular flexibility index (Phi) is 3.95. The summed E-state index contributed by atoms with van der Waals surface area (Å²) >= 11 is 7.79. The van der Waals surface area contributed by atoms with Gasteiger partial charge in [0, 0.05) is 22.2 Å². The number of halogens is 1. The third-order valence-corrected chi connectivity index (χ3v) is 5.45. The Morgan fingerprint density at radius 2 is 2.29 bits per heavy atom. The van der Waals surface area contributed by atoms with E-state index in [1.165, 1.54) is 9.81 Å². The van der Waals surface area contributed by atoms with Crippen LogP contribution in [0, 0.1) is 0 Å². The summed E-state index contributed by atoms with van der Waals surface area (Å²) in [5.41, 5.74) is 6.92. The number of nitrogens with two attached hydrogens (primary N) is 1. The molecule has 4 nitrogen and oxygen atoms in total. The van der Waals surface area contributed by atoms with Crippen molar-refractivity contribution in [1.29, 1.82) is 0 Å². The third kappa shape index (κ3) is 2.94. The molecular formula is C15H16ClN3OS. The van der Waals surface area contributed by atoms with Gasteiger partial charge >= 0.3 is 0 Å². The minimum atomic E-state index is -0.0494. The van der Waals surface area contributed by atoms with E-state index in [4.69, 9.17) is 17.3 Å². The van der Waals surface area contributed by atoms with Crippen molar-refractivity contribution >= 4 is 40.1 Å². The average Bonchev–Trinajstić information content (AvgIpc) is 2.94. The maximum Gasteiger partial charge on any atom is 0.231 e. The fourth-order valence-corrected chi connectivity index (χ4v) is 3.98. The Morgan fingerprint density at radius 1 is 1.48 bits per heavy atom. The van der Waals surface area contributed by atoms with E-state index >= 15 is 0 Å². The minimum absolute atomic E-state index is 0.0318. The van der Waals surface area contributed by atoms with Crippen molar-refractivity contribution in [2.45, 2.75) is 24.1 Å². The normalized spacial score (nSPS) is 25.8. The summed E-state index contributed by atoms with van der Waals surface area (Å²) in [7, 11) is 1.66. The fourth-order valence-electron chi connectivity index (χ4n) is 2.51. The molecule has 0 aliphatic carbocycles.